The number of hydrogen-bond donors (Lipinski definition) is 1. The smallest absolute Gasteiger partial charge is 0.408 e. The Morgan fingerprint density at radius 3 is 2.35 bits per heavy atom. The van der Waals surface area contributed by atoms with Crippen LogP contribution in [0.4, 0.5) is 4.79 Å². The van der Waals surface area contributed by atoms with Gasteiger partial charge in [-0.25, -0.2) is 9.59 Å². The molecule has 2 atom stereocenters. The van der Waals surface area contributed by atoms with Crippen molar-refractivity contribution in [2.45, 2.75) is 71.8 Å². The minimum Gasteiger partial charge on any atom is -0.464 e. The topological polar surface area (TPSA) is 64.6 Å². The monoisotopic (exact) mass is 325 g/mol. The van der Waals surface area contributed by atoms with Crippen LogP contribution in [0.2, 0.25) is 0 Å². The van der Waals surface area contributed by atoms with Gasteiger partial charge in [-0.1, -0.05) is 65.2 Å². The van der Waals surface area contributed by atoms with E-state index in [-0.39, 0.29) is 12.5 Å². The molecule has 1 amide bonds. The lowest BCUT2D eigenvalue weighted by atomic mass is 9.99. The van der Waals surface area contributed by atoms with E-state index in [1.165, 1.54) is 19.3 Å². The summed E-state index contributed by atoms with van der Waals surface area (Å²) in [6, 6.07) is -0.703. The van der Waals surface area contributed by atoms with Crippen molar-refractivity contribution in [3.63, 3.8) is 0 Å². The van der Waals surface area contributed by atoms with E-state index in [0.29, 0.717) is 6.61 Å². The van der Waals surface area contributed by atoms with Crippen LogP contribution in [-0.2, 0) is 14.3 Å². The Morgan fingerprint density at radius 1 is 1.09 bits per heavy atom. The highest BCUT2D eigenvalue weighted by Gasteiger charge is 2.27. The molecule has 132 valence electrons. The summed E-state index contributed by atoms with van der Waals surface area (Å²) in [7, 11) is 0. The van der Waals surface area contributed by atoms with E-state index in [1.807, 2.05) is 13.8 Å². The SMILES string of the molecule is C#CCOC(=O)NC(C(=O)OCCCCCCCC)C(C)CC. The van der Waals surface area contributed by atoms with Crippen LogP contribution in [0.25, 0.3) is 0 Å². The molecule has 0 aliphatic rings. The fourth-order valence-corrected chi connectivity index (χ4v) is 2.09. The number of ether oxygens (including phenoxy) is 2. The number of unbranched alkanes of at least 4 members (excludes halogenated alkanes) is 5. The van der Waals surface area contributed by atoms with Gasteiger partial charge in [0.1, 0.15) is 6.04 Å². The highest BCUT2D eigenvalue weighted by Crippen LogP contribution is 2.11. The van der Waals surface area contributed by atoms with Crippen molar-refractivity contribution >= 4 is 12.1 Å². The molecule has 0 rings (SSSR count). The van der Waals surface area contributed by atoms with Gasteiger partial charge >= 0.3 is 12.1 Å². The van der Waals surface area contributed by atoms with E-state index in [0.717, 1.165) is 25.7 Å². The minimum absolute atomic E-state index is 0.0366. The van der Waals surface area contributed by atoms with Gasteiger partial charge in [0.15, 0.2) is 6.61 Å². The van der Waals surface area contributed by atoms with E-state index < -0.39 is 18.1 Å². The molecule has 2 unspecified atom stereocenters. The Morgan fingerprint density at radius 2 is 1.74 bits per heavy atom. The molecule has 0 heterocycles. The molecular formula is C18H31NO4. The molecule has 0 fully saturated rings. The molecule has 0 aromatic carbocycles. The molecule has 0 saturated carbocycles. The Hall–Kier alpha value is -1.70. The lowest BCUT2D eigenvalue weighted by Gasteiger charge is -2.22. The number of nitrogens with one attached hydrogen (secondary N) is 1. The Balaban J connectivity index is 4.16. The minimum atomic E-state index is -0.703. The third kappa shape index (κ3) is 10.6. The summed E-state index contributed by atoms with van der Waals surface area (Å²) >= 11 is 0. The van der Waals surface area contributed by atoms with Crippen molar-refractivity contribution in [1.82, 2.24) is 5.32 Å². The number of hydrogen-bond acceptors (Lipinski definition) is 4. The van der Waals surface area contributed by atoms with E-state index in [2.05, 4.69) is 18.2 Å². The lowest BCUT2D eigenvalue weighted by molar-refractivity contribution is -0.147. The van der Waals surface area contributed by atoms with Crippen LogP contribution < -0.4 is 5.32 Å². The maximum Gasteiger partial charge on any atom is 0.408 e. The van der Waals surface area contributed by atoms with Crippen LogP contribution >= 0.6 is 0 Å². The molecule has 1 N–H and O–H groups in total. The molecule has 5 nitrogen and oxygen atoms in total. The zero-order valence-electron chi connectivity index (χ0n) is 14.7. The van der Waals surface area contributed by atoms with Crippen LogP contribution in [-0.4, -0.2) is 31.3 Å². The molecule has 0 aliphatic heterocycles. The Bertz CT molecular complexity index is 376. The molecule has 5 heteroatoms. The second-order valence-electron chi connectivity index (χ2n) is 5.72. The van der Waals surface area contributed by atoms with Gasteiger partial charge in [-0.2, -0.15) is 0 Å². The third-order valence-corrected chi connectivity index (χ3v) is 3.77. The molecule has 0 saturated heterocycles. The van der Waals surface area contributed by atoms with Gasteiger partial charge in [0.2, 0.25) is 0 Å². The second-order valence-corrected chi connectivity index (χ2v) is 5.72. The van der Waals surface area contributed by atoms with Crippen LogP contribution in [0.3, 0.4) is 0 Å². The fraction of sp³-hybridized carbons (Fsp3) is 0.778. The van der Waals surface area contributed by atoms with Gasteiger partial charge in [0, 0.05) is 0 Å². The van der Waals surface area contributed by atoms with Crippen molar-refractivity contribution in [2.75, 3.05) is 13.2 Å². The standard InChI is InChI=1S/C18H31NO4/c1-5-8-9-10-11-12-14-22-17(20)16(15(4)7-3)19-18(21)23-13-6-2/h2,15-16H,5,7-14H2,1,3-4H3,(H,19,21). The summed E-state index contributed by atoms with van der Waals surface area (Å²) < 4.78 is 10.0. The largest absolute Gasteiger partial charge is 0.464 e. The quantitative estimate of drug-likeness (QED) is 0.338. The number of amides is 1. The molecule has 0 spiro atoms. The van der Waals surface area contributed by atoms with Crippen LogP contribution in [0, 0.1) is 18.3 Å². The molecule has 0 aromatic rings. The van der Waals surface area contributed by atoms with E-state index in [1.54, 1.807) is 0 Å². The summed E-state index contributed by atoms with van der Waals surface area (Å²) in [6.45, 7) is 6.29. The zero-order valence-corrected chi connectivity index (χ0v) is 14.7. The van der Waals surface area contributed by atoms with Gasteiger partial charge < -0.3 is 14.8 Å². The first-order valence-corrected chi connectivity index (χ1v) is 8.60. The Kier molecular flexibility index (Phi) is 12.9. The van der Waals surface area contributed by atoms with Crippen molar-refractivity contribution in [2.24, 2.45) is 5.92 Å². The third-order valence-electron chi connectivity index (χ3n) is 3.77. The predicted molar refractivity (Wildman–Crippen MR) is 90.9 cm³/mol. The molecular weight excluding hydrogens is 294 g/mol. The number of rotatable bonds is 12. The predicted octanol–water partition coefficient (Wildman–Crippen LogP) is 3.66. The Labute approximate surface area is 140 Å². The van der Waals surface area contributed by atoms with Gasteiger partial charge in [-0.05, 0) is 12.3 Å². The molecule has 0 radical (unpaired) electrons. The van der Waals surface area contributed by atoms with Gasteiger partial charge in [-0.3, -0.25) is 0 Å². The first-order valence-electron chi connectivity index (χ1n) is 8.60. The summed E-state index contributed by atoms with van der Waals surface area (Å²) in [5.41, 5.74) is 0. The molecule has 23 heavy (non-hydrogen) atoms. The number of alkyl carbamates (subject to hydrolysis) is 1. The molecule has 0 aromatic heterocycles. The van der Waals surface area contributed by atoms with Gasteiger partial charge in [-0.15, -0.1) is 6.42 Å². The number of carbonyl (C=O) groups excluding carboxylic acids is 2. The first-order chi connectivity index (χ1) is 11.1. The van der Waals surface area contributed by atoms with E-state index in [9.17, 15) is 9.59 Å². The summed E-state index contributed by atoms with van der Waals surface area (Å²) in [5.74, 6) is 1.76. The van der Waals surface area contributed by atoms with Gasteiger partial charge in [0.25, 0.3) is 0 Å². The molecule has 0 aliphatic carbocycles. The highest BCUT2D eigenvalue weighted by molar-refractivity contribution is 5.81. The first kappa shape index (κ1) is 21.3. The zero-order chi connectivity index (χ0) is 17.5. The maximum atomic E-state index is 12.2. The number of terminal acetylenes is 1. The van der Waals surface area contributed by atoms with Crippen molar-refractivity contribution < 1.29 is 19.1 Å². The highest BCUT2D eigenvalue weighted by atomic mass is 16.6. The summed E-state index contributed by atoms with van der Waals surface area (Å²) in [6.07, 6.45) is 11.8. The number of carbonyl (C=O) groups is 2. The lowest BCUT2D eigenvalue weighted by Crippen LogP contribution is -2.46. The van der Waals surface area contributed by atoms with E-state index in [4.69, 9.17) is 15.9 Å². The number of esters is 1. The van der Waals surface area contributed by atoms with E-state index >= 15 is 0 Å². The van der Waals surface area contributed by atoms with Crippen molar-refractivity contribution in [3.05, 3.63) is 0 Å². The average molecular weight is 325 g/mol. The summed E-state index contributed by atoms with van der Waals surface area (Å²) in [5, 5.41) is 2.54. The van der Waals surface area contributed by atoms with Crippen LogP contribution in [0.15, 0.2) is 0 Å². The normalized spacial score (nSPS) is 12.8. The van der Waals surface area contributed by atoms with Crippen molar-refractivity contribution in [1.29, 1.82) is 0 Å². The fourth-order valence-electron chi connectivity index (χ4n) is 2.09. The average Bonchev–Trinajstić information content (AvgIpc) is 2.56. The van der Waals surface area contributed by atoms with Crippen LogP contribution in [0.1, 0.15) is 65.7 Å². The molecule has 0 bridgehead atoms. The van der Waals surface area contributed by atoms with Gasteiger partial charge in [0.05, 0.1) is 6.61 Å². The van der Waals surface area contributed by atoms with Crippen LogP contribution in [0.5, 0.6) is 0 Å². The van der Waals surface area contributed by atoms with Crippen molar-refractivity contribution in [3.8, 4) is 12.3 Å². The second kappa shape index (κ2) is 13.9. The maximum absolute atomic E-state index is 12.2. The summed E-state index contributed by atoms with van der Waals surface area (Å²) in [4.78, 5) is 23.7.